The van der Waals surface area contributed by atoms with Crippen LogP contribution in [0.3, 0.4) is 0 Å². The lowest BCUT2D eigenvalue weighted by Gasteiger charge is -2.44. The van der Waals surface area contributed by atoms with E-state index >= 15 is 0 Å². The summed E-state index contributed by atoms with van der Waals surface area (Å²) in [7, 11) is 0. The van der Waals surface area contributed by atoms with Gasteiger partial charge in [-0.05, 0) is 60.7 Å². The quantitative estimate of drug-likeness (QED) is 0.670. The van der Waals surface area contributed by atoms with Crippen LogP contribution in [0.15, 0.2) is 0 Å². The smallest absolute Gasteiger partial charge is 0.136 e. The molecule has 3 aliphatic carbocycles. The summed E-state index contributed by atoms with van der Waals surface area (Å²) in [6.45, 7) is 9.64. The molecular weight excluding hydrogens is 220 g/mol. The molecule has 0 saturated heterocycles. The van der Waals surface area contributed by atoms with Crippen molar-refractivity contribution in [3.63, 3.8) is 0 Å². The van der Waals surface area contributed by atoms with E-state index in [1.165, 1.54) is 32.1 Å². The van der Waals surface area contributed by atoms with Gasteiger partial charge in [0.25, 0.3) is 0 Å². The van der Waals surface area contributed by atoms with Crippen molar-refractivity contribution in [2.45, 2.75) is 66.2 Å². The minimum absolute atomic E-state index is 0.399. The molecule has 1 heteroatoms. The molecule has 3 rings (SSSR count). The van der Waals surface area contributed by atoms with Crippen LogP contribution >= 0.6 is 0 Å². The average Bonchev–Trinajstić information content (AvgIpc) is 2.61. The van der Waals surface area contributed by atoms with E-state index in [4.69, 9.17) is 0 Å². The predicted octanol–water partition coefficient (Wildman–Crippen LogP) is 4.45. The minimum atomic E-state index is 0.399. The van der Waals surface area contributed by atoms with Gasteiger partial charge in [0.2, 0.25) is 0 Å². The maximum atomic E-state index is 12.4. The van der Waals surface area contributed by atoms with Crippen molar-refractivity contribution in [1.82, 2.24) is 0 Å². The first kappa shape index (κ1) is 12.7. The molecule has 102 valence electrons. The van der Waals surface area contributed by atoms with Crippen molar-refractivity contribution in [2.75, 3.05) is 0 Å². The number of fused-ring (bicyclic) bond motifs is 2. The maximum absolute atomic E-state index is 12.4. The molecule has 0 aromatic rings. The first-order valence-electron chi connectivity index (χ1n) is 7.89. The fourth-order valence-corrected chi connectivity index (χ4v) is 5.52. The second-order valence-corrected chi connectivity index (χ2v) is 8.18. The monoisotopic (exact) mass is 248 g/mol. The van der Waals surface area contributed by atoms with Crippen LogP contribution in [0.2, 0.25) is 0 Å². The van der Waals surface area contributed by atoms with E-state index in [1.54, 1.807) is 0 Å². The van der Waals surface area contributed by atoms with Crippen LogP contribution in [0.4, 0.5) is 0 Å². The van der Waals surface area contributed by atoms with Crippen molar-refractivity contribution in [1.29, 1.82) is 0 Å². The van der Waals surface area contributed by atoms with Gasteiger partial charge in [0.1, 0.15) is 5.78 Å². The molecule has 0 amide bonds. The number of carbonyl (C=O) groups is 1. The van der Waals surface area contributed by atoms with E-state index in [0.717, 1.165) is 12.3 Å². The third kappa shape index (κ3) is 1.48. The lowest BCUT2D eigenvalue weighted by atomic mass is 9.60. The van der Waals surface area contributed by atoms with Gasteiger partial charge in [-0.2, -0.15) is 0 Å². The normalized spacial score (nSPS) is 50.8. The minimum Gasteiger partial charge on any atom is -0.299 e. The molecule has 2 unspecified atom stereocenters. The number of ketones is 1. The van der Waals surface area contributed by atoms with Gasteiger partial charge >= 0.3 is 0 Å². The van der Waals surface area contributed by atoms with E-state index in [2.05, 4.69) is 27.7 Å². The SMILES string of the molecule is CC1CCC([C@@H]2C[C@H]3CC[C@]2(C)C3(C)C)C(=O)C1. The average molecular weight is 248 g/mol. The Morgan fingerprint density at radius 3 is 2.33 bits per heavy atom. The number of hydrogen-bond donors (Lipinski definition) is 0. The second kappa shape index (κ2) is 3.84. The van der Waals surface area contributed by atoms with E-state index in [0.29, 0.717) is 34.4 Å². The van der Waals surface area contributed by atoms with Crippen molar-refractivity contribution in [3.05, 3.63) is 0 Å². The topological polar surface area (TPSA) is 17.1 Å². The van der Waals surface area contributed by atoms with Gasteiger partial charge in [-0.15, -0.1) is 0 Å². The summed E-state index contributed by atoms with van der Waals surface area (Å²) >= 11 is 0. The Balaban J connectivity index is 1.85. The Bertz CT molecular complexity index is 370. The highest BCUT2D eigenvalue weighted by molar-refractivity contribution is 5.82. The second-order valence-electron chi connectivity index (χ2n) is 8.18. The molecule has 0 aromatic heterocycles. The Hall–Kier alpha value is -0.330. The standard InChI is InChI=1S/C17H28O/c1-11-5-6-13(15(18)9-11)14-10-12-7-8-17(14,4)16(12,2)3/h11-14H,5-10H2,1-4H3/t11?,12-,13?,14+,17+/m1/s1. The fraction of sp³-hybridized carbons (Fsp3) is 0.941. The zero-order valence-corrected chi connectivity index (χ0v) is 12.5. The molecule has 3 fully saturated rings. The third-order valence-corrected chi connectivity index (χ3v) is 7.28. The zero-order valence-electron chi connectivity index (χ0n) is 12.5. The van der Waals surface area contributed by atoms with Gasteiger partial charge in [-0.3, -0.25) is 4.79 Å². The van der Waals surface area contributed by atoms with Crippen LogP contribution in [0.1, 0.15) is 66.2 Å². The van der Waals surface area contributed by atoms with Gasteiger partial charge < -0.3 is 0 Å². The Labute approximate surface area is 112 Å². The lowest BCUT2D eigenvalue weighted by Crippen LogP contribution is -2.40. The van der Waals surface area contributed by atoms with Gasteiger partial charge in [-0.1, -0.05) is 27.7 Å². The largest absolute Gasteiger partial charge is 0.299 e. The summed E-state index contributed by atoms with van der Waals surface area (Å²) in [5.41, 5.74) is 0.888. The molecule has 0 aromatic carbocycles. The molecule has 5 atom stereocenters. The third-order valence-electron chi connectivity index (χ3n) is 7.28. The highest BCUT2D eigenvalue weighted by Gasteiger charge is 2.63. The lowest BCUT2D eigenvalue weighted by molar-refractivity contribution is -0.130. The van der Waals surface area contributed by atoms with E-state index in [-0.39, 0.29) is 0 Å². The van der Waals surface area contributed by atoms with Gasteiger partial charge in [-0.25, -0.2) is 0 Å². The van der Waals surface area contributed by atoms with Crippen LogP contribution in [0.5, 0.6) is 0 Å². The molecule has 0 radical (unpaired) electrons. The summed E-state index contributed by atoms with van der Waals surface area (Å²) in [4.78, 5) is 12.4. The zero-order chi connectivity index (χ0) is 13.1. The highest BCUT2D eigenvalue weighted by atomic mass is 16.1. The van der Waals surface area contributed by atoms with Gasteiger partial charge in [0, 0.05) is 12.3 Å². The molecule has 1 nitrogen and oxygen atoms in total. The van der Waals surface area contributed by atoms with Crippen molar-refractivity contribution in [2.24, 2.45) is 34.5 Å². The van der Waals surface area contributed by atoms with E-state index in [1.807, 2.05) is 0 Å². The Morgan fingerprint density at radius 1 is 1.11 bits per heavy atom. The Kier molecular flexibility index (Phi) is 2.70. The molecule has 3 saturated carbocycles. The van der Waals surface area contributed by atoms with Crippen LogP contribution in [-0.2, 0) is 4.79 Å². The summed E-state index contributed by atoms with van der Waals surface area (Å²) in [6, 6.07) is 0. The molecule has 0 N–H and O–H groups in total. The number of rotatable bonds is 1. The molecule has 0 heterocycles. The van der Waals surface area contributed by atoms with Gasteiger partial charge in [0.15, 0.2) is 0 Å². The predicted molar refractivity (Wildman–Crippen MR) is 74.2 cm³/mol. The number of Topliss-reactive ketones (excluding diaryl/α,β-unsaturated/α-hetero) is 1. The van der Waals surface area contributed by atoms with Crippen LogP contribution in [-0.4, -0.2) is 5.78 Å². The van der Waals surface area contributed by atoms with Crippen molar-refractivity contribution < 1.29 is 4.79 Å². The van der Waals surface area contributed by atoms with Crippen LogP contribution in [0.25, 0.3) is 0 Å². The molecule has 0 aliphatic heterocycles. The van der Waals surface area contributed by atoms with Crippen molar-refractivity contribution >= 4 is 5.78 Å². The van der Waals surface area contributed by atoms with Gasteiger partial charge in [0.05, 0.1) is 0 Å². The van der Waals surface area contributed by atoms with Crippen LogP contribution < -0.4 is 0 Å². The fourth-order valence-electron chi connectivity index (χ4n) is 5.52. The molecule has 3 aliphatic rings. The van der Waals surface area contributed by atoms with Crippen LogP contribution in [0, 0.1) is 34.5 Å². The molecular formula is C17H28O. The first-order chi connectivity index (χ1) is 8.36. The molecule has 2 bridgehead atoms. The number of hydrogen-bond acceptors (Lipinski definition) is 1. The summed E-state index contributed by atoms with van der Waals surface area (Å²) < 4.78 is 0. The summed E-state index contributed by atoms with van der Waals surface area (Å²) in [6.07, 6.45) is 7.37. The number of carbonyl (C=O) groups excluding carboxylic acids is 1. The summed E-state index contributed by atoms with van der Waals surface area (Å²) in [5.74, 6) is 3.18. The first-order valence-corrected chi connectivity index (χ1v) is 7.89. The summed E-state index contributed by atoms with van der Waals surface area (Å²) in [5, 5.41) is 0. The molecule has 0 spiro atoms. The van der Waals surface area contributed by atoms with E-state index in [9.17, 15) is 4.79 Å². The van der Waals surface area contributed by atoms with Crippen molar-refractivity contribution in [3.8, 4) is 0 Å². The van der Waals surface area contributed by atoms with E-state index < -0.39 is 0 Å². The maximum Gasteiger partial charge on any atom is 0.136 e. The molecule has 18 heavy (non-hydrogen) atoms. The Morgan fingerprint density at radius 2 is 1.83 bits per heavy atom. The highest BCUT2D eigenvalue weighted by Crippen LogP contribution is 2.70.